The average molecular weight is 674 g/mol. The van der Waals surface area contributed by atoms with Crippen LogP contribution < -0.4 is 20.6 Å². The Morgan fingerprint density at radius 2 is 1.76 bits per heavy atom. The normalized spacial score (nSPS) is 24.2. The lowest BCUT2D eigenvalue weighted by Gasteiger charge is -2.31. The second kappa shape index (κ2) is 16.3. The van der Waals surface area contributed by atoms with Crippen LogP contribution in [0.5, 0.6) is 5.88 Å². The molecule has 18 heteroatoms. The number of imidazole rings is 1. The molecule has 1 saturated heterocycles. The predicted octanol–water partition coefficient (Wildman–Crippen LogP) is 2.43. The van der Waals surface area contributed by atoms with Crippen molar-refractivity contribution < 1.29 is 48.6 Å². The standard InChI is InChI=1S/C28H48N7O10P/c1-6-8-10-12-17(13-11-9-7-2)19(25(39)40)34-46(42,33-16(3)24(37)38)44-14-18-21(36)28(4,41)26(45-18)35-15-30-20-22(35)31-27(29)32-23(20)43-5/h15-19,21,26,36,41H,6-14H2,1-5H3,(H,37,38)(H,39,40)(H2,29,31,32)(H2,33,34,42)/t16-,18+,19-,21+,26+,28+,46?/m0/s1. The second-order valence-corrected chi connectivity index (χ2v) is 13.7. The molecule has 0 amide bonds. The number of methoxy groups -OCH3 is 1. The molecule has 0 saturated carbocycles. The van der Waals surface area contributed by atoms with E-state index < -0.39 is 68.3 Å². The van der Waals surface area contributed by atoms with Crippen LogP contribution >= 0.6 is 7.67 Å². The van der Waals surface area contributed by atoms with Gasteiger partial charge >= 0.3 is 19.6 Å². The summed E-state index contributed by atoms with van der Waals surface area (Å²) < 4.78 is 32.4. The van der Waals surface area contributed by atoms with E-state index in [1.54, 1.807) is 0 Å². The number of nitrogens with one attached hydrogen (secondary N) is 2. The molecule has 0 spiro atoms. The molecule has 8 N–H and O–H groups in total. The molecule has 7 atom stereocenters. The topological polar surface area (TPSA) is 254 Å². The smallest absolute Gasteiger partial charge is 0.342 e. The number of aliphatic hydroxyl groups is 2. The molecule has 17 nitrogen and oxygen atoms in total. The van der Waals surface area contributed by atoms with Gasteiger partial charge in [0, 0.05) is 0 Å². The van der Waals surface area contributed by atoms with Gasteiger partial charge in [-0.1, -0.05) is 52.4 Å². The van der Waals surface area contributed by atoms with Gasteiger partial charge in [0.1, 0.15) is 29.9 Å². The quantitative estimate of drug-likeness (QED) is 0.0787. The van der Waals surface area contributed by atoms with Gasteiger partial charge in [-0.3, -0.25) is 18.7 Å². The van der Waals surface area contributed by atoms with E-state index in [2.05, 4.69) is 25.1 Å². The third kappa shape index (κ3) is 8.91. The van der Waals surface area contributed by atoms with Gasteiger partial charge in [0.2, 0.25) is 11.8 Å². The van der Waals surface area contributed by atoms with Crippen LogP contribution in [0.2, 0.25) is 0 Å². The zero-order chi connectivity index (χ0) is 34.2. The Morgan fingerprint density at radius 3 is 2.30 bits per heavy atom. The molecule has 3 rings (SSSR count). The number of fused-ring (bicyclic) bond motifs is 1. The highest BCUT2D eigenvalue weighted by Gasteiger charge is 2.54. The molecule has 0 radical (unpaired) electrons. The molecule has 3 heterocycles. The molecule has 1 unspecified atom stereocenters. The number of aliphatic hydroxyl groups excluding tert-OH is 1. The fraction of sp³-hybridized carbons (Fsp3) is 0.750. The maximum absolute atomic E-state index is 14.2. The number of aromatic nitrogens is 4. The molecule has 1 fully saturated rings. The van der Waals surface area contributed by atoms with Gasteiger partial charge in [-0.05, 0) is 32.6 Å². The van der Waals surface area contributed by atoms with Crippen molar-refractivity contribution in [1.82, 2.24) is 29.7 Å². The van der Waals surface area contributed by atoms with Crippen molar-refractivity contribution in [2.75, 3.05) is 19.5 Å². The number of unbranched alkanes of at least 4 members (excludes halogenated alkanes) is 4. The maximum Gasteiger partial charge on any atom is 0.342 e. The number of aliphatic carboxylic acids is 2. The van der Waals surface area contributed by atoms with Gasteiger partial charge in [-0.25, -0.2) is 15.2 Å². The summed E-state index contributed by atoms with van der Waals surface area (Å²) >= 11 is 0. The Hall–Kier alpha value is -2.92. The number of hydrogen-bond acceptors (Lipinski definition) is 12. The van der Waals surface area contributed by atoms with Gasteiger partial charge < -0.3 is 40.2 Å². The molecule has 46 heavy (non-hydrogen) atoms. The first kappa shape index (κ1) is 37.5. The summed E-state index contributed by atoms with van der Waals surface area (Å²) in [5.74, 6) is -3.06. The van der Waals surface area contributed by atoms with Gasteiger partial charge in [-0.2, -0.15) is 9.97 Å². The highest BCUT2D eigenvalue weighted by atomic mass is 31.2. The van der Waals surface area contributed by atoms with Gasteiger partial charge in [0.25, 0.3) is 0 Å². The fourth-order valence-corrected chi connectivity index (χ4v) is 7.42. The Kier molecular flexibility index (Phi) is 13.3. The lowest BCUT2D eigenvalue weighted by atomic mass is 9.89. The summed E-state index contributed by atoms with van der Waals surface area (Å²) in [5.41, 5.74) is 4.22. The summed E-state index contributed by atoms with van der Waals surface area (Å²) in [6.07, 6.45) is 3.43. The molecule has 0 aliphatic carbocycles. The number of nitrogens with two attached hydrogens (primary N) is 1. The molecule has 1 aliphatic rings. The minimum Gasteiger partial charge on any atom is -0.480 e. The number of hydrogen-bond donors (Lipinski definition) is 7. The van der Waals surface area contributed by atoms with Crippen LogP contribution in [-0.4, -0.2) is 95.5 Å². The van der Waals surface area contributed by atoms with Crippen molar-refractivity contribution in [2.24, 2.45) is 5.92 Å². The molecule has 0 bridgehead atoms. The molecule has 260 valence electrons. The van der Waals surface area contributed by atoms with Crippen LogP contribution in [0, 0.1) is 5.92 Å². The van der Waals surface area contributed by atoms with Crippen LogP contribution in [0.4, 0.5) is 5.95 Å². The van der Waals surface area contributed by atoms with E-state index in [0.717, 1.165) is 38.5 Å². The third-order valence-corrected chi connectivity index (χ3v) is 10.0. The van der Waals surface area contributed by atoms with Crippen LogP contribution in [0.3, 0.4) is 0 Å². The lowest BCUT2D eigenvalue weighted by molar-refractivity contribution is -0.140. The van der Waals surface area contributed by atoms with Crippen LogP contribution in [-0.2, 0) is 23.4 Å². The van der Waals surface area contributed by atoms with Crippen molar-refractivity contribution in [3.8, 4) is 5.88 Å². The van der Waals surface area contributed by atoms with Gasteiger partial charge in [0.15, 0.2) is 17.4 Å². The highest BCUT2D eigenvalue weighted by Crippen LogP contribution is 2.45. The Labute approximate surface area is 267 Å². The van der Waals surface area contributed by atoms with Gasteiger partial charge in [0.05, 0.1) is 20.0 Å². The second-order valence-electron chi connectivity index (χ2n) is 11.8. The number of nitrogens with zero attached hydrogens (tertiary/aromatic N) is 4. The zero-order valence-electron chi connectivity index (χ0n) is 27.0. The summed E-state index contributed by atoms with van der Waals surface area (Å²) in [5, 5.41) is 47.2. The molecular weight excluding hydrogens is 625 g/mol. The van der Waals surface area contributed by atoms with E-state index in [9.17, 15) is 34.6 Å². The largest absolute Gasteiger partial charge is 0.480 e. The molecular formula is C28H48N7O10P. The van der Waals surface area contributed by atoms with Crippen molar-refractivity contribution in [2.45, 2.75) is 115 Å². The minimum atomic E-state index is -4.44. The number of nitrogen functional groups attached to an aromatic ring is 1. The zero-order valence-corrected chi connectivity index (χ0v) is 27.9. The Bertz CT molecular complexity index is 1370. The number of ether oxygens (including phenoxy) is 2. The van der Waals surface area contributed by atoms with E-state index in [0.29, 0.717) is 12.8 Å². The SMILES string of the molecule is CCCCCC(CCCCC)[C@H](NP(=O)(N[C@@H](C)C(=O)O)OC[C@H]1O[C@@H](n2cnc3c(OC)nc(N)nc32)[C@](C)(O)[C@@H]1O)C(=O)O. The lowest BCUT2D eigenvalue weighted by Crippen LogP contribution is -2.47. The van der Waals surface area contributed by atoms with Crippen LogP contribution in [0.1, 0.15) is 85.3 Å². The van der Waals surface area contributed by atoms with Crippen LogP contribution in [0.15, 0.2) is 6.33 Å². The first-order valence-corrected chi connectivity index (χ1v) is 17.2. The van der Waals surface area contributed by atoms with E-state index in [4.69, 9.17) is 19.7 Å². The first-order valence-electron chi connectivity index (χ1n) is 15.5. The number of carbonyl (C=O) groups is 2. The van der Waals surface area contributed by atoms with Crippen molar-refractivity contribution in [1.29, 1.82) is 0 Å². The molecule has 0 aromatic carbocycles. The summed E-state index contributed by atoms with van der Waals surface area (Å²) in [4.78, 5) is 36.6. The van der Waals surface area contributed by atoms with Crippen molar-refractivity contribution >= 4 is 36.7 Å². The summed E-state index contributed by atoms with van der Waals surface area (Å²) in [7, 11) is -3.06. The van der Waals surface area contributed by atoms with E-state index in [-0.39, 0.29) is 23.0 Å². The predicted molar refractivity (Wildman–Crippen MR) is 167 cm³/mol. The first-order chi connectivity index (χ1) is 21.7. The monoisotopic (exact) mass is 673 g/mol. The van der Waals surface area contributed by atoms with E-state index >= 15 is 0 Å². The third-order valence-electron chi connectivity index (χ3n) is 8.17. The minimum absolute atomic E-state index is 0.0839. The van der Waals surface area contributed by atoms with E-state index in [1.807, 2.05) is 13.8 Å². The van der Waals surface area contributed by atoms with Crippen molar-refractivity contribution in [3.63, 3.8) is 0 Å². The number of carboxylic acids is 2. The van der Waals surface area contributed by atoms with E-state index in [1.165, 1.54) is 31.9 Å². The fourth-order valence-electron chi connectivity index (χ4n) is 5.53. The molecule has 1 aliphatic heterocycles. The Morgan fingerprint density at radius 1 is 1.13 bits per heavy atom. The van der Waals surface area contributed by atoms with Crippen molar-refractivity contribution in [3.05, 3.63) is 6.33 Å². The summed E-state index contributed by atoms with van der Waals surface area (Å²) in [6.45, 7) is 6.01. The highest BCUT2D eigenvalue weighted by molar-refractivity contribution is 7.54. The Balaban J connectivity index is 1.88. The number of anilines is 1. The number of carboxylic acid groups (broad SMARTS) is 2. The molecule has 2 aromatic rings. The molecule has 2 aromatic heterocycles. The number of rotatable bonds is 20. The van der Waals surface area contributed by atoms with Crippen LogP contribution in [0.25, 0.3) is 11.2 Å². The average Bonchev–Trinajstić information content (AvgIpc) is 3.50. The van der Waals surface area contributed by atoms with Gasteiger partial charge in [-0.15, -0.1) is 0 Å². The summed E-state index contributed by atoms with van der Waals surface area (Å²) in [6, 6.07) is -2.72. The maximum atomic E-state index is 14.2.